The minimum atomic E-state index is -3.40. The molecule has 1 atom stereocenters. The first-order chi connectivity index (χ1) is 12.7. The van der Waals surface area contributed by atoms with Crippen molar-refractivity contribution in [2.24, 2.45) is 0 Å². The lowest BCUT2D eigenvalue weighted by atomic mass is 9.96. The van der Waals surface area contributed by atoms with Gasteiger partial charge in [-0.1, -0.05) is 23.8 Å². The van der Waals surface area contributed by atoms with Crippen LogP contribution in [0.5, 0.6) is 0 Å². The van der Waals surface area contributed by atoms with E-state index in [0.717, 1.165) is 23.8 Å². The molecular formula is C21H23NO4S. The SMILES string of the molecule is Cc1ccc(C)c(C(=O)C2CCCN2C(=O)c2cccc(S(C)(=O)=O)c2)c1. The van der Waals surface area contributed by atoms with Gasteiger partial charge in [-0.3, -0.25) is 9.59 Å². The maximum Gasteiger partial charge on any atom is 0.254 e. The smallest absolute Gasteiger partial charge is 0.254 e. The first-order valence-electron chi connectivity index (χ1n) is 8.91. The molecule has 142 valence electrons. The van der Waals surface area contributed by atoms with E-state index in [2.05, 4.69) is 0 Å². The normalized spacial score (nSPS) is 17.1. The predicted octanol–water partition coefficient (Wildman–Crippen LogP) is 3.19. The van der Waals surface area contributed by atoms with Gasteiger partial charge in [-0.05, 0) is 56.5 Å². The lowest BCUT2D eigenvalue weighted by molar-refractivity contribution is 0.0671. The molecule has 5 nitrogen and oxygen atoms in total. The highest BCUT2D eigenvalue weighted by Gasteiger charge is 2.35. The Labute approximate surface area is 159 Å². The third kappa shape index (κ3) is 3.95. The van der Waals surface area contributed by atoms with Crippen molar-refractivity contribution in [3.63, 3.8) is 0 Å². The number of Topliss-reactive ketones (excluding diaryl/α,β-unsaturated/α-hetero) is 1. The number of hydrogen-bond acceptors (Lipinski definition) is 4. The molecule has 1 amide bonds. The summed E-state index contributed by atoms with van der Waals surface area (Å²) >= 11 is 0. The molecule has 0 bridgehead atoms. The quantitative estimate of drug-likeness (QED) is 0.758. The van der Waals surface area contributed by atoms with E-state index in [1.54, 1.807) is 17.0 Å². The third-order valence-corrected chi connectivity index (χ3v) is 6.09. The van der Waals surface area contributed by atoms with E-state index in [1.807, 2.05) is 32.0 Å². The Bertz CT molecular complexity index is 1010. The van der Waals surface area contributed by atoms with Gasteiger partial charge in [0.2, 0.25) is 0 Å². The van der Waals surface area contributed by atoms with Gasteiger partial charge >= 0.3 is 0 Å². The van der Waals surface area contributed by atoms with Gasteiger partial charge in [0.25, 0.3) is 5.91 Å². The zero-order valence-corrected chi connectivity index (χ0v) is 16.5. The van der Waals surface area contributed by atoms with E-state index in [1.165, 1.54) is 12.1 Å². The van der Waals surface area contributed by atoms with Crippen LogP contribution in [0.25, 0.3) is 0 Å². The molecule has 1 aliphatic rings. The number of hydrogen-bond donors (Lipinski definition) is 0. The molecule has 0 saturated carbocycles. The fourth-order valence-corrected chi connectivity index (χ4v) is 4.16. The second kappa shape index (κ2) is 7.27. The molecule has 1 fully saturated rings. The summed E-state index contributed by atoms with van der Waals surface area (Å²) in [5.41, 5.74) is 2.83. The summed E-state index contributed by atoms with van der Waals surface area (Å²) in [6.45, 7) is 4.32. The average molecular weight is 385 g/mol. The minimum Gasteiger partial charge on any atom is -0.328 e. The highest BCUT2D eigenvalue weighted by atomic mass is 32.2. The Morgan fingerprint density at radius 1 is 1.07 bits per heavy atom. The zero-order valence-electron chi connectivity index (χ0n) is 15.7. The number of aryl methyl sites for hydroxylation is 2. The molecular weight excluding hydrogens is 362 g/mol. The van der Waals surface area contributed by atoms with Crippen LogP contribution in [0.4, 0.5) is 0 Å². The van der Waals surface area contributed by atoms with Gasteiger partial charge in [-0.15, -0.1) is 0 Å². The van der Waals surface area contributed by atoms with Crippen molar-refractivity contribution < 1.29 is 18.0 Å². The molecule has 3 rings (SSSR count). The molecule has 1 saturated heterocycles. The van der Waals surface area contributed by atoms with Gasteiger partial charge in [0.15, 0.2) is 15.6 Å². The monoisotopic (exact) mass is 385 g/mol. The zero-order chi connectivity index (χ0) is 19.8. The van der Waals surface area contributed by atoms with E-state index in [9.17, 15) is 18.0 Å². The fraction of sp³-hybridized carbons (Fsp3) is 0.333. The number of carbonyl (C=O) groups excluding carboxylic acids is 2. The number of carbonyl (C=O) groups is 2. The van der Waals surface area contributed by atoms with Crippen molar-refractivity contribution in [2.75, 3.05) is 12.8 Å². The molecule has 1 aliphatic heterocycles. The standard InChI is InChI=1S/C21H23NO4S/c1-14-9-10-15(2)18(12-14)20(23)19-8-5-11-22(19)21(24)16-6-4-7-17(13-16)27(3,25)26/h4,6-7,9-10,12-13,19H,5,8,11H2,1-3H3. The van der Waals surface area contributed by atoms with Crippen molar-refractivity contribution in [2.45, 2.75) is 37.6 Å². The average Bonchev–Trinajstić information content (AvgIpc) is 3.11. The Hall–Kier alpha value is -2.47. The molecule has 0 spiro atoms. The molecule has 0 aromatic heterocycles. The van der Waals surface area contributed by atoms with E-state index >= 15 is 0 Å². The van der Waals surface area contributed by atoms with Crippen LogP contribution in [0.2, 0.25) is 0 Å². The number of nitrogens with zero attached hydrogens (tertiary/aromatic N) is 1. The molecule has 27 heavy (non-hydrogen) atoms. The van der Waals surface area contributed by atoms with Crippen molar-refractivity contribution in [3.05, 3.63) is 64.7 Å². The van der Waals surface area contributed by atoms with Crippen molar-refractivity contribution in [1.29, 1.82) is 0 Å². The Morgan fingerprint density at radius 2 is 1.81 bits per heavy atom. The van der Waals surface area contributed by atoms with Crippen molar-refractivity contribution >= 4 is 21.5 Å². The first kappa shape index (κ1) is 19.3. The van der Waals surface area contributed by atoms with E-state index < -0.39 is 15.9 Å². The summed E-state index contributed by atoms with van der Waals surface area (Å²) in [5, 5.41) is 0. The van der Waals surface area contributed by atoms with Crippen LogP contribution in [0.3, 0.4) is 0 Å². The summed E-state index contributed by atoms with van der Waals surface area (Å²) < 4.78 is 23.6. The van der Waals surface area contributed by atoms with E-state index in [0.29, 0.717) is 24.1 Å². The Kier molecular flexibility index (Phi) is 5.20. The molecule has 0 radical (unpaired) electrons. The molecule has 2 aromatic rings. The third-order valence-electron chi connectivity index (χ3n) is 4.98. The highest BCUT2D eigenvalue weighted by molar-refractivity contribution is 7.90. The number of sulfone groups is 1. The van der Waals surface area contributed by atoms with Crippen LogP contribution < -0.4 is 0 Å². The van der Waals surface area contributed by atoms with Crippen molar-refractivity contribution in [1.82, 2.24) is 4.90 Å². The van der Waals surface area contributed by atoms with Crippen LogP contribution in [-0.2, 0) is 9.84 Å². The molecule has 6 heteroatoms. The van der Waals surface area contributed by atoms with Gasteiger partial charge in [0, 0.05) is 23.9 Å². The largest absolute Gasteiger partial charge is 0.328 e. The van der Waals surface area contributed by atoms with Crippen molar-refractivity contribution in [3.8, 4) is 0 Å². The van der Waals surface area contributed by atoms with Gasteiger partial charge < -0.3 is 4.90 Å². The summed E-state index contributed by atoms with van der Waals surface area (Å²) in [7, 11) is -3.40. The molecule has 1 unspecified atom stereocenters. The van der Waals surface area contributed by atoms with Gasteiger partial charge in [-0.2, -0.15) is 0 Å². The topological polar surface area (TPSA) is 71.5 Å². The number of amides is 1. The summed E-state index contributed by atoms with van der Waals surface area (Å²) in [5.74, 6) is -0.358. The lowest BCUT2D eigenvalue weighted by Crippen LogP contribution is -2.40. The van der Waals surface area contributed by atoms with Gasteiger partial charge in [0.1, 0.15) is 0 Å². The van der Waals surface area contributed by atoms with Gasteiger partial charge in [-0.25, -0.2) is 8.42 Å². The number of rotatable bonds is 4. The van der Waals surface area contributed by atoms with Gasteiger partial charge in [0.05, 0.1) is 10.9 Å². The van der Waals surface area contributed by atoms with Crippen LogP contribution in [0.15, 0.2) is 47.4 Å². The second-order valence-electron chi connectivity index (χ2n) is 7.14. The van der Waals surface area contributed by atoms with Crippen LogP contribution in [0.1, 0.15) is 44.7 Å². The summed E-state index contributed by atoms with van der Waals surface area (Å²) in [6.07, 6.45) is 2.47. The van der Waals surface area contributed by atoms with Crippen LogP contribution in [-0.4, -0.2) is 43.9 Å². The molecule has 1 heterocycles. The molecule has 2 aromatic carbocycles. The highest BCUT2D eigenvalue weighted by Crippen LogP contribution is 2.26. The maximum atomic E-state index is 13.1. The maximum absolute atomic E-state index is 13.1. The predicted molar refractivity (Wildman–Crippen MR) is 104 cm³/mol. The minimum absolute atomic E-state index is 0.0543. The van der Waals surface area contributed by atoms with E-state index in [4.69, 9.17) is 0 Å². The van der Waals surface area contributed by atoms with E-state index in [-0.39, 0.29) is 16.6 Å². The number of ketones is 1. The Balaban J connectivity index is 1.91. The fourth-order valence-electron chi connectivity index (χ4n) is 3.49. The van der Waals surface area contributed by atoms with Crippen LogP contribution >= 0.6 is 0 Å². The number of likely N-dealkylation sites (tertiary alicyclic amines) is 1. The second-order valence-corrected chi connectivity index (χ2v) is 9.15. The van der Waals surface area contributed by atoms with Crippen LogP contribution in [0, 0.1) is 13.8 Å². The first-order valence-corrected chi connectivity index (χ1v) is 10.8. The summed E-state index contributed by atoms with van der Waals surface area (Å²) in [4.78, 5) is 27.8. The lowest BCUT2D eigenvalue weighted by Gasteiger charge is -2.24. The molecule has 0 aliphatic carbocycles. The summed E-state index contributed by atoms with van der Waals surface area (Å²) in [6, 6.07) is 11.2. The number of benzene rings is 2. The Morgan fingerprint density at radius 3 is 2.52 bits per heavy atom. The molecule has 0 N–H and O–H groups in total.